The number of benzene rings is 2. The fourth-order valence-electron chi connectivity index (χ4n) is 2.96. The number of likely N-dealkylation sites (N-methyl/N-ethyl adjacent to an activating group) is 1. The lowest BCUT2D eigenvalue weighted by atomic mass is 10.1. The van der Waals surface area contributed by atoms with Crippen LogP contribution in [0.3, 0.4) is 0 Å². The Morgan fingerprint density at radius 3 is 2.47 bits per heavy atom. The summed E-state index contributed by atoms with van der Waals surface area (Å²) >= 11 is 0. The minimum atomic E-state index is -0.322. The van der Waals surface area contributed by atoms with Crippen LogP contribution >= 0.6 is 0 Å². The summed E-state index contributed by atoms with van der Waals surface area (Å²) in [6, 6.07) is 12.7. The lowest BCUT2D eigenvalue weighted by molar-refractivity contribution is 0.0951. The topological polar surface area (TPSA) is 88.5 Å². The van der Waals surface area contributed by atoms with Gasteiger partial charge in [-0.2, -0.15) is 5.10 Å². The molecule has 0 atom stereocenters. The Kier molecular flexibility index (Phi) is 7.27. The van der Waals surface area contributed by atoms with Crippen LogP contribution in [0.2, 0.25) is 0 Å². The molecule has 1 aromatic heterocycles. The Morgan fingerprint density at radius 1 is 1.09 bits per heavy atom. The van der Waals surface area contributed by atoms with Gasteiger partial charge in [-0.25, -0.2) is 4.68 Å². The molecule has 0 bridgehead atoms. The van der Waals surface area contributed by atoms with E-state index in [4.69, 9.17) is 4.74 Å². The van der Waals surface area contributed by atoms with Crippen LogP contribution in [0.5, 0.6) is 11.5 Å². The number of nitrogens with one attached hydrogen (secondary N) is 2. The normalized spacial score (nSPS) is 10.8. The molecule has 1 heterocycles. The van der Waals surface area contributed by atoms with Crippen LogP contribution < -0.4 is 20.9 Å². The first-order valence-corrected chi connectivity index (χ1v) is 10.4. The Balaban J connectivity index is 1.79. The zero-order valence-electron chi connectivity index (χ0n) is 19.1. The first-order chi connectivity index (χ1) is 15.2. The molecule has 0 fully saturated rings. The molecule has 168 valence electrons. The predicted octanol–water partition coefficient (Wildman–Crippen LogP) is 3.22. The number of aromatic nitrogens is 2. The van der Waals surface area contributed by atoms with Crippen LogP contribution in [0, 0.1) is 13.8 Å². The van der Waals surface area contributed by atoms with E-state index in [1.54, 1.807) is 31.3 Å². The van der Waals surface area contributed by atoms with E-state index in [-0.39, 0.29) is 17.2 Å². The molecule has 0 saturated carbocycles. The Bertz CT molecular complexity index is 1150. The van der Waals surface area contributed by atoms with Crippen molar-refractivity contribution < 1.29 is 9.53 Å². The number of amides is 1. The number of carbonyl (C=O) groups is 1. The molecule has 0 spiro atoms. The highest BCUT2D eigenvalue weighted by atomic mass is 16.5. The van der Waals surface area contributed by atoms with E-state index >= 15 is 0 Å². The molecule has 0 aliphatic heterocycles. The van der Waals surface area contributed by atoms with E-state index in [0.717, 1.165) is 17.7 Å². The quantitative estimate of drug-likeness (QED) is 0.565. The molecular formula is C24H29N5O3. The Hall–Kier alpha value is -3.65. The summed E-state index contributed by atoms with van der Waals surface area (Å²) < 4.78 is 7.21. The molecule has 32 heavy (non-hydrogen) atoms. The first-order valence-electron chi connectivity index (χ1n) is 10.4. The van der Waals surface area contributed by atoms with Crippen LogP contribution in [-0.4, -0.2) is 47.8 Å². The lowest BCUT2D eigenvalue weighted by Gasteiger charge is -2.14. The van der Waals surface area contributed by atoms with Crippen molar-refractivity contribution in [3.8, 4) is 11.5 Å². The van der Waals surface area contributed by atoms with E-state index in [9.17, 15) is 9.59 Å². The number of aryl methyl sites for hydroxylation is 3. The van der Waals surface area contributed by atoms with Gasteiger partial charge in [0, 0.05) is 31.4 Å². The van der Waals surface area contributed by atoms with Crippen molar-refractivity contribution in [2.45, 2.75) is 13.8 Å². The van der Waals surface area contributed by atoms with Crippen LogP contribution in [-0.2, 0) is 7.05 Å². The fourth-order valence-corrected chi connectivity index (χ4v) is 2.96. The van der Waals surface area contributed by atoms with Gasteiger partial charge < -0.3 is 20.3 Å². The second-order valence-electron chi connectivity index (χ2n) is 7.92. The highest BCUT2D eigenvalue weighted by molar-refractivity contribution is 5.94. The van der Waals surface area contributed by atoms with Crippen molar-refractivity contribution in [3.63, 3.8) is 0 Å². The highest BCUT2D eigenvalue weighted by Crippen LogP contribution is 2.29. The number of ether oxygens (including phenoxy) is 1. The van der Waals surface area contributed by atoms with Crippen LogP contribution in [0.1, 0.15) is 21.5 Å². The molecule has 0 radical (unpaired) electrons. The molecule has 1 amide bonds. The van der Waals surface area contributed by atoms with E-state index in [1.165, 1.54) is 10.9 Å². The van der Waals surface area contributed by atoms with Crippen molar-refractivity contribution >= 4 is 17.3 Å². The summed E-state index contributed by atoms with van der Waals surface area (Å²) in [5.41, 5.74) is 3.39. The van der Waals surface area contributed by atoms with Gasteiger partial charge in [0.05, 0.1) is 6.20 Å². The third-order valence-corrected chi connectivity index (χ3v) is 5.07. The van der Waals surface area contributed by atoms with E-state index < -0.39 is 0 Å². The van der Waals surface area contributed by atoms with E-state index in [0.29, 0.717) is 29.3 Å². The summed E-state index contributed by atoms with van der Waals surface area (Å²) in [5.74, 6) is 0.801. The van der Waals surface area contributed by atoms with Gasteiger partial charge in [0.25, 0.3) is 11.5 Å². The summed E-state index contributed by atoms with van der Waals surface area (Å²) in [7, 11) is 5.48. The third kappa shape index (κ3) is 5.73. The van der Waals surface area contributed by atoms with Gasteiger partial charge in [0.1, 0.15) is 5.75 Å². The number of nitrogens with zero attached hydrogens (tertiary/aromatic N) is 3. The molecular weight excluding hydrogens is 406 g/mol. The van der Waals surface area contributed by atoms with Gasteiger partial charge in [-0.05, 0) is 75.5 Å². The Labute approximate surface area is 187 Å². The number of hydrogen-bond donors (Lipinski definition) is 2. The standard InChI is InChI=1S/C24H29N5O3/c1-16-6-11-20(14-17(16)2)32-21-15-26-29(5)24(31)22(21)27-19-9-7-18(8-10-19)23(30)25-12-13-28(3)4/h6-11,14-15,27H,12-13H2,1-5H3,(H,25,30). The van der Waals surface area contributed by atoms with Crippen molar-refractivity contribution in [1.29, 1.82) is 0 Å². The Morgan fingerprint density at radius 2 is 1.81 bits per heavy atom. The molecule has 8 nitrogen and oxygen atoms in total. The SMILES string of the molecule is Cc1ccc(Oc2cnn(C)c(=O)c2Nc2ccc(C(=O)NCCN(C)C)cc2)cc1C. The highest BCUT2D eigenvalue weighted by Gasteiger charge is 2.14. The van der Waals surface area contributed by atoms with Crippen molar-refractivity contribution in [2.24, 2.45) is 7.05 Å². The molecule has 0 aliphatic rings. The van der Waals surface area contributed by atoms with Crippen molar-refractivity contribution in [2.75, 3.05) is 32.5 Å². The number of rotatable bonds is 8. The zero-order valence-corrected chi connectivity index (χ0v) is 19.1. The van der Waals surface area contributed by atoms with Gasteiger partial charge in [-0.15, -0.1) is 0 Å². The van der Waals surface area contributed by atoms with Gasteiger partial charge >= 0.3 is 0 Å². The van der Waals surface area contributed by atoms with Gasteiger partial charge in [-0.1, -0.05) is 6.07 Å². The molecule has 8 heteroatoms. The molecule has 3 aromatic rings. The van der Waals surface area contributed by atoms with Crippen LogP contribution in [0.4, 0.5) is 11.4 Å². The second kappa shape index (κ2) is 10.1. The summed E-state index contributed by atoms with van der Waals surface area (Å²) in [4.78, 5) is 27.0. The average molecular weight is 436 g/mol. The molecule has 0 aliphatic carbocycles. The maximum atomic E-state index is 12.7. The molecule has 0 unspecified atom stereocenters. The first kappa shape index (κ1) is 23.0. The van der Waals surface area contributed by atoms with Crippen molar-refractivity contribution in [1.82, 2.24) is 20.0 Å². The van der Waals surface area contributed by atoms with Gasteiger partial charge in [0.15, 0.2) is 11.4 Å². The van der Waals surface area contributed by atoms with Crippen LogP contribution in [0.25, 0.3) is 0 Å². The van der Waals surface area contributed by atoms with Gasteiger partial charge in [-0.3, -0.25) is 9.59 Å². The van der Waals surface area contributed by atoms with Crippen molar-refractivity contribution in [3.05, 3.63) is 75.7 Å². The number of hydrogen-bond acceptors (Lipinski definition) is 6. The van der Waals surface area contributed by atoms with E-state index in [2.05, 4.69) is 15.7 Å². The summed E-state index contributed by atoms with van der Waals surface area (Å²) in [6.07, 6.45) is 1.51. The smallest absolute Gasteiger partial charge is 0.294 e. The molecule has 2 aromatic carbocycles. The average Bonchev–Trinajstić information content (AvgIpc) is 2.76. The van der Waals surface area contributed by atoms with Crippen LogP contribution in [0.15, 0.2) is 53.5 Å². The summed E-state index contributed by atoms with van der Waals surface area (Å²) in [6.45, 7) is 5.36. The minimum absolute atomic E-state index is 0.142. The predicted molar refractivity (Wildman–Crippen MR) is 126 cm³/mol. The minimum Gasteiger partial charge on any atom is -0.453 e. The summed E-state index contributed by atoms with van der Waals surface area (Å²) in [5, 5.41) is 10.1. The van der Waals surface area contributed by atoms with E-state index in [1.807, 2.05) is 51.0 Å². The monoisotopic (exact) mass is 435 g/mol. The third-order valence-electron chi connectivity index (χ3n) is 5.07. The fraction of sp³-hybridized carbons (Fsp3) is 0.292. The molecule has 3 rings (SSSR count). The zero-order chi connectivity index (χ0) is 23.3. The number of anilines is 2. The maximum absolute atomic E-state index is 12.7. The lowest BCUT2D eigenvalue weighted by Crippen LogP contribution is -2.31. The number of carbonyl (C=O) groups excluding carboxylic acids is 1. The second-order valence-corrected chi connectivity index (χ2v) is 7.92. The maximum Gasteiger partial charge on any atom is 0.294 e. The molecule has 0 saturated heterocycles. The largest absolute Gasteiger partial charge is 0.453 e. The molecule has 2 N–H and O–H groups in total. The van der Waals surface area contributed by atoms with Gasteiger partial charge in [0.2, 0.25) is 0 Å².